The molecule has 6 heteroatoms. The molecule has 0 bridgehead atoms. The normalized spacial score (nSPS) is 12.5. The second-order valence-corrected chi connectivity index (χ2v) is 4.18. The predicted molar refractivity (Wildman–Crippen MR) is 61.3 cm³/mol. The number of aromatic amines is 1. The summed E-state index contributed by atoms with van der Waals surface area (Å²) in [7, 11) is 0. The van der Waals surface area contributed by atoms with Crippen molar-refractivity contribution < 1.29 is 0 Å². The molecule has 0 aliphatic heterocycles. The molecule has 1 aromatic heterocycles. The third-order valence-electron chi connectivity index (χ3n) is 1.60. The summed E-state index contributed by atoms with van der Waals surface area (Å²) in [6.45, 7) is 2.01. The molecule has 0 saturated heterocycles. The Morgan fingerprint density at radius 1 is 1.79 bits per heavy atom. The van der Waals surface area contributed by atoms with Crippen molar-refractivity contribution in [3.8, 4) is 0 Å². The van der Waals surface area contributed by atoms with E-state index in [0.717, 1.165) is 5.75 Å². The van der Waals surface area contributed by atoms with Gasteiger partial charge in [-0.15, -0.1) is 0 Å². The van der Waals surface area contributed by atoms with Crippen LogP contribution in [0, 0.1) is 0 Å². The minimum Gasteiger partial charge on any atom is -0.365 e. The van der Waals surface area contributed by atoms with E-state index in [0.29, 0.717) is 5.82 Å². The fraction of sp³-hybridized carbons (Fsp3) is 0.500. The molecule has 0 spiro atoms. The van der Waals surface area contributed by atoms with Gasteiger partial charge in [-0.25, -0.2) is 4.98 Å². The zero-order valence-corrected chi connectivity index (χ0v) is 9.58. The molecule has 1 aromatic rings. The highest BCUT2D eigenvalue weighted by Gasteiger charge is 2.08. The first-order valence-electron chi connectivity index (χ1n) is 4.13. The van der Waals surface area contributed by atoms with Crippen LogP contribution < -0.4 is 10.9 Å². The summed E-state index contributed by atoms with van der Waals surface area (Å²) in [5.41, 5.74) is -0.319. The summed E-state index contributed by atoms with van der Waals surface area (Å²) in [5, 5.41) is 3.18. The molecule has 1 rings (SSSR count). The number of aromatic nitrogens is 2. The molecule has 0 fully saturated rings. The minimum atomic E-state index is -0.319. The Labute approximate surface area is 91.5 Å². The molecular weight excluding hydrogens is 222 g/mol. The molecule has 0 saturated carbocycles. The smallest absolute Gasteiger partial charge is 0.271 e. The first kappa shape index (κ1) is 11.4. The summed E-state index contributed by atoms with van der Waals surface area (Å²) in [6.07, 6.45) is 3.35. The van der Waals surface area contributed by atoms with Crippen LogP contribution in [0.2, 0.25) is 5.02 Å². The molecule has 14 heavy (non-hydrogen) atoms. The largest absolute Gasteiger partial charge is 0.365 e. The molecule has 1 atom stereocenters. The number of hydrogen-bond acceptors (Lipinski definition) is 4. The number of nitrogens with zero attached hydrogens (tertiary/aromatic N) is 1. The van der Waals surface area contributed by atoms with Crippen molar-refractivity contribution in [3.05, 3.63) is 21.7 Å². The molecule has 0 amide bonds. The lowest BCUT2D eigenvalue weighted by Crippen LogP contribution is -2.21. The first-order chi connectivity index (χ1) is 6.65. The fourth-order valence-corrected chi connectivity index (χ4v) is 1.75. The number of hydrogen-bond donors (Lipinski definition) is 2. The van der Waals surface area contributed by atoms with E-state index in [9.17, 15) is 4.79 Å². The van der Waals surface area contributed by atoms with Crippen molar-refractivity contribution in [1.29, 1.82) is 0 Å². The molecule has 0 radical (unpaired) electrons. The lowest BCUT2D eigenvalue weighted by molar-refractivity contribution is 0.897. The summed E-state index contributed by atoms with van der Waals surface area (Å²) in [6, 6.07) is 0.233. The molecule has 2 N–H and O–H groups in total. The van der Waals surface area contributed by atoms with Crippen LogP contribution >= 0.6 is 23.4 Å². The van der Waals surface area contributed by atoms with Crippen LogP contribution in [-0.4, -0.2) is 28.0 Å². The summed E-state index contributed by atoms with van der Waals surface area (Å²) in [5.74, 6) is 1.38. The van der Waals surface area contributed by atoms with Gasteiger partial charge in [-0.1, -0.05) is 11.6 Å². The molecule has 78 valence electrons. The van der Waals surface area contributed by atoms with Crippen molar-refractivity contribution in [1.82, 2.24) is 9.97 Å². The van der Waals surface area contributed by atoms with Gasteiger partial charge >= 0.3 is 0 Å². The highest BCUT2D eigenvalue weighted by atomic mass is 35.5. The summed E-state index contributed by atoms with van der Waals surface area (Å²) < 4.78 is 0. The van der Waals surface area contributed by atoms with Gasteiger partial charge in [0, 0.05) is 11.8 Å². The molecule has 0 aromatic carbocycles. The average molecular weight is 234 g/mol. The maximum atomic E-state index is 11.1. The van der Waals surface area contributed by atoms with Crippen molar-refractivity contribution in [3.63, 3.8) is 0 Å². The number of anilines is 1. The van der Waals surface area contributed by atoms with E-state index in [4.69, 9.17) is 11.6 Å². The number of H-pyrrole nitrogens is 1. The molecule has 0 aliphatic carbocycles. The number of nitrogens with one attached hydrogen (secondary N) is 2. The van der Waals surface area contributed by atoms with E-state index < -0.39 is 0 Å². The molecule has 0 aliphatic rings. The Kier molecular flexibility index (Phi) is 4.28. The van der Waals surface area contributed by atoms with E-state index >= 15 is 0 Å². The first-order valence-corrected chi connectivity index (χ1v) is 5.91. The number of thioether (sulfide) groups is 1. The van der Waals surface area contributed by atoms with Gasteiger partial charge < -0.3 is 10.3 Å². The number of rotatable bonds is 4. The fourth-order valence-electron chi connectivity index (χ4n) is 1.01. The minimum absolute atomic E-state index is 0.112. The van der Waals surface area contributed by atoms with Gasteiger partial charge in [-0.2, -0.15) is 11.8 Å². The van der Waals surface area contributed by atoms with Gasteiger partial charge in [0.1, 0.15) is 5.02 Å². The van der Waals surface area contributed by atoms with Gasteiger partial charge in [-0.3, -0.25) is 4.79 Å². The van der Waals surface area contributed by atoms with Crippen molar-refractivity contribution in [2.75, 3.05) is 17.3 Å². The Morgan fingerprint density at radius 2 is 2.50 bits per heavy atom. The van der Waals surface area contributed by atoms with Gasteiger partial charge in [0.25, 0.3) is 5.56 Å². The van der Waals surface area contributed by atoms with Crippen molar-refractivity contribution in [2.24, 2.45) is 0 Å². The van der Waals surface area contributed by atoms with Crippen LogP contribution in [0.5, 0.6) is 0 Å². The van der Waals surface area contributed by atoms with Gasteiger partial charge in [0.15, 0.2) is 5.82 Å². The summed E-state index contributed by atoms with van der Waals surface area (Å²) in [4.78, 5) is 17.5. The highest BCUT2D eigenvalue weighted by Crippen LogP contribution is 2.14. The second kappa shape index (κ2) is 5.26. The van der Waals surface area contributed by atoms with Gasteiger partial charge in [0.05, 0.1) is 6.33 Å². The topological polar surface area (TPSA) is 57.8 Å². The maximum absolute atomic E-state index is 11.1. The average Bonchev–Trinajstić information content (AvgIpc) is 2.13. The zero-order chi connectivity index (χ0) is 10.6. The second-order valence-electron chi connectivity index (χ2n) is 2.89. The molecule has 4 nitrogen and oxygen atoms in total. The van der Waals surface area contributed by atoms with Crippen LogP contribution in [0.4, 0.5) is 5.82 Å². The van der Waals surface area contributed by atoms with E-state index in [-0.39, 0.29) is 16.6 Å². The van der Waals surface area contributed by atoms with Crippen LogP contribution in [0.3, 0.4) is 0 Å². The predicted octanol–water partition coefficient (Wildman–Crippen LogP) is 1.59. The van der Waals surface area contributed by atoms with Crippen molar-refractivity contribution >= 4 is 29.2 Å². The lowest BCUT2D eigenvalue weighted by atomic mass is 10.4. The number of halogens is 1. The van der Waals surface area contributed by atoms with Gasteiger partial charge in [-0.05, 0) is 13.2 Å². The monoisotopic (exact) mass is 233 g/mol. The van der Waals surface area contributed by atoms with E-state index in [2.05, 4.69) is 15.3 Å². The highest BCUT2D eigenvalue weighted by molar-refractivity contribution is 7.98. The van der Waals surface area contributed by atoms with Gasteiger partial charge in [0.2, 0.25) is 0 Å². The molecule has 1 heterocycles. The van der Waals surface area contributed by atoms with Crippen LogP contribution in [0.1, 0.15) is 6.92 Å². The third-order valence-corrected chi connectivity index (χ3v) is 2.78. The quantitative estimate of drug-likeness (QED) is 0.829. The Bertz CT molecular complexity index is 355. The van der Waals surface area contributed by atoms with E-state index in [1.54, 1.807) is 11.8 Å². The maximum Gasteiger partial charge on any atom is 0.271 e. The van der Waals surface area contributed by atoms with E-state index in [1.165, 1.54) is 6.33 Å². The third kappa shape index (κ3) is 2.92. The summed E-state index contributed by atoms with van der Waals surface area (Å²) >= 11 is 7.48. The van der Waals surface area contributed by atoms with Crippen LogP contribution in [0.25, 0.3) is 0 Å². The Morgan fingerprint density at radius 3 is 3.14 bits per heavy atom. The Balaban J connectivity index is 2.76. The lowest BCUT2D eigenvalue weighted by Gasteiger charge is -2.13. The standard InChI is InChI=1S/C8H12ClN3OS/c1-5(3-14-2)12-7-6(9)8(13)11-4-10-7/h4-5H,3H2,1-2H3,(H2,10,11,12,13). The van der Waals surface area contributed by atoms with Crippen LogP contribution in [0.15, 0.2) is 11.1 Å². The SMILES string of the molecule is CSCC(C)Nc1nc[nH]c(=O)c1Cl. The Hall–Kier alpha value is -0.680. The van der Waals surface area contributed by atoms with Crippen LogP contribution in [-0.2, 0) is 0 Å². The zero-order valence-electron chi connectivity index (χ0n) is 8.00. The van der Waals surface area contributed by atoms with Crippen molar-refractivity contribution in [2.45, 2.75) is 13.0 Å². The molecule has 1 unspecified atom stereocenters. The van der Waals surface area contributed by atoms with E-state index in [1.807, 2.05) is 13.2 Å². The molecular formula is C8H12ClN3OS.